The van der Waals surface area contributed by atoms with Gasteiger partial charge in [-0.1, -0.05) is 13.8 Å². The van der Waals surface area contributed by atoms with Crippen molar-refractivity contribution in [1.82, 2.24) is 5.32 Å². The minimum Gasteiger partial charge on any atom is -0.330 e. The fraction of sp³-hybridized carbons (Fsp3) is 1.00. The zero-order chi connectivity index (χ0) is 11.3. The molecule has 0 spiro atoms. The van der Waals surface area contributed by atoms with E-state index in [1.165, 1.54) is 12.8 Å². The van der Waals surface area contributed by atoms with Gasteiger partial charge in [0.1, 0.15) is 0 Å². The van der Waals surface area contributed by atoms with Gasteiger partial charge in [-0.15, -0.1) is 0 Å². The summed E-state index contributed by atoms with van der Waals surface area (Å²) >= 11 is 0. The Bertz CT molecular complexity index is 247. The van der Waals surface area contributed by atoms with Crippen molar-refractivity contribution < 1.29 is 0 Å². The largest absolute Gasteiger partial charge is 0.330 e. The second kappa shape index (κ2) is 3.99. The van der Waals surface area contributed by atoms with Crippen LogP contribution in [0.2, 0.25) is 0 Å². The number of hydrogen-bond donors (Lipinski definition) is 2. The smallest absolute Gasteiger partial charge is 0.0136 e. The second-order valence-electron chi connectivity index (χ2n) is 6.66. The molecule has 2 nitrogen and oxygen atoms in total. The van der Waals surface area contributed by atoms with Gasteiger partial charge >= 0.3 is 0 Å². The van der Waals surface area contributed by atoms with Gasteiger partial charge in [-0.2, -0.15) is 0 Å². The van der Waals surface area contributed by atoms with Gasteiger partial charge in [0.25, 0.3) is 0 Å². The average Bonchev–Trinajstić information content (AvgIpc) is 2.68. The third-order valence-electron chi connectivity index (χ3n) is 5.60. The van der Waals surface area contributed by atoms with Gasteiger partial charge in [0.2, 0.25) is 0 Å². The van der Waals surface area contributed by atoms with Gasteiger partial charge in [0.05, 0.1) is 0 Å². The summed E-state index contributed by atoms with van der Waals surface area (Å²) < 4.78 is 0. The molecule has 3 saturated carbocycles. The Kier molecular flexibility index (Phi) is 2.75. The third kappa shape index (κ3) is 1.62. The van der Waals surface area contributed by atoms with Gasteiger partial charge < -0.3 is 11.1 Å². The zero-order valence-electron chi connectivity index (χ0n) is 10.7. The van der Waals surface area contributed by atoms with Crippen LogP contribution in [-0.4, -0.2) is 19.1 Å². The van der Waals surface area contributed by atoms with Crippen LogP contribution < -0.4 is 11.1 Å². The first-order valence-corrected chi connectivity index (χ1v) is 7.15. The second-order valence-corrected chi connectivity index (χ2v) is 6.66. The fourth-order valence-corrected chi connectivity index (χ4v) is 4.48. The molecule has 3 rings (SSSR count). The monoisotopic (exact) mass is 222 g/mol. The lowest BCUT2D eigenvalue weighted by molar-refractivity contribution is 0.352. The Labute approximate surface area is 99.4 Å². The maximum Gasteiger partial charge on any atom is 0.0136 e. The molecule has 0 heterocycles. The number of rotatable bonds is 5. The molecular formula is C14H26N2. The third-order valence-corrected chi connectivity index (χ3v) is 5.60. The predicted molar refractivity (Wildman–Crippen MR) is 67.0 cm³/mol. The lowest BCUT2D eigenvalue weighted by Crippen LogP contribution is -2.34. The number of nitrogens with one attached hydrogen (secondary N) is 1. The molecule has 0 amide bonds. The lowest BCUT2D eigenvalue weighted by Gasteiger charge is -2.20. The molecule has 0 aromatic carbocycles. The lowest BCUT2D eigenvalue weighted by atomic mass is 9.96. The first kappa shape index (κ1) is 11.0. The van der Waals surface area contributed by atoms with E-state index in [9.17, 15) is 0 Å². The summed E-state index contributed by atoms with van der Waals surface area (Å²) in [5, 5.41) is 3.81. The molecule has 0 aromatic heterocycles. The van der Waals surface area contributed by atoms with E-state index in [-0.39, 0.29) is 0 Å². The molecule has 0 aromatic rings. The highest BCUT2D eigenvalue weighted by molar-refractivity contribution is 5.16. The Morgan fingerprint density at radius 2 is 1.81 bits per heavy atom. The van der Waals surface area contributed by atoms with Crippen LogP contribution in [0.3, 0.4) is 0 Å². The van der Waals surface area contributed by atoms with Crippen molar-refractivity contribution in [2.75, 3.05) is 13.1 Å². The highest BCUT2D eigenvalue weighted by Crippen LogP contribution is 2.65. The molecule has 16 heavy (non-hydrogen) atoms. The van der Waals surface area contributed by atoms with Crippen molar-refractivity contribution in [3.05, 3.63) is 0 Å². The Balaban J connectivity index is 1.48. The normalized spacial score (nSPS) is 46.1. The molecule has 5 atom stereocenters. The van der Waals surface area contributed by atoms with Crippen molar-refractivity contribution >= 4 is 0 Å². The summed E-state index contributed by atoms with van der Waals surface area (Å²) in [6.07, 6.45) is 4.60. The van der Waals surface area contributed by atoms with Crippen LogP contribution in [0, 0.1) is 35.5 Å². The summed E-state index contributed by atoms with van der Waals surface area (Å²) in [5.41, 5.74) is 5.82. The van der Waals surface area contributed by atoms with Crippen LogP contribution in [0.4, 0.5) is 0 Å². The maximum atomic E-state index is 5.82. The van der Waals surface area contributed by atoms with Crippen LogP contribution in [0.1, 0.15) is 33.1 Å². The number of nitrogens with two attached hydrogens (primary N) is 1. The predicted octanol–water partition coefficient (Wildman–Crippen LogP) is 1.85. The van der Waals surface area contributed by atoms with E-state index in [0.717, 1.165) is 42.8 Å². The SMILES string of the molecule is CC(C)C(CN)CNC1C2C3CCC(C3)C12. The standard InChI is InChI=1S/C14H26N2/c1-8(2)11(6-15)7-16-14-12-9-3-4-10(5-9)13(12)14/h8-14,16H,3-7,15H2,1-2H3. The van der Waals surface area contributed by atoms with E-state index in [4.69, 9.17) is 5.73 Å². The number of fused-ring (bicyclic) bond motifs is 5. The molecule has 3 aliphatic carbocycles. The molecule has 0 saturated heterocycles. The van der Waals surface area contributed by atoms with Crippen molar-refractivity contribution in [3.63, 3.8) is 0 Å². The van der Waals surface area contributed by atoms with E-state index in [1.54, 1.807) is 6.42 Å². The average molecular weight is 222 g/mol. The molecule has 92 valence electrons. The summed E-state index contributed by atoms with van der Waals surface area (Å²) in [6.45, 7) is 6.55. The Morgan fingerprint density at radius 1 is 1.19 bits per heavy atom. The highest BCUT2D eigenvalue weighted by atomic mass is 15.0. The minimum absolute atomic E-state index is 0.666. The molecule has 3 fully saturated rings. The zero-order valence-corrected chi connectivity index (χ0v) is 10.7. The molecule has 0 radical (unpaired) electrons. The Morgan fingerprint density at radius 3 is 2.31 bits per heavy atom. The quantitative estimate of drug-likeness (QED) is 0.745. The molecule has 3 aliphatic rings. The first-order chi connectivity index (χ1) is 7.72. The van der Waals surface area contributed by atoms with Crippen molar-refractivity contribution in [1.29, 1.82) is 0 Å². The molecule has 0 aliphatic heterocycles. The van der Waals surface area contributed by atoms with E-state index in [0.29, 0.717) is 11.8 Å². The summed E-state index contributed by atoms with van der Waals surface area (Å²) in [5.74, 6) is 5.67. The van der Waals surface area contributed by atoms with Gasteiger partial charge in [-0.05, 0) is 67.9 Å². The van der Waals surface area contributed by atoms with E-state index in [1.807, 2.05) is 0 Å². The maximum absolute atomic E-state index is 5.82. The van der Waals surface area contributed by atoms with Crippen molar-refractivity contribution in [2.45, 2.75) is 39.2 Å². The van der Waals surface area contributed by atoms with Crippen molar-refractivity contribution in [3.8, 4) is 0 Å². The summed E-state index contributed by atoms with van der Waals surface area (Å²) in [7, 11) is 0. The van der Waals surface area contributed by atoms with Gasteiger partial charge in [-0.3, -0.25) is 0 Å². The number of hydrogen-bond acceptors (Lipinski definition) is 2. The summed E-state index contributed by atoms with van der Waals surface area (Å²) in [6, 6.07) is 0.874. The van der Waals surface area contributed by atoms with Gasteiger partial charge in [0.15, 0.2) is 0 Å². The topological polar surface area (TPSA) is 38.0 Å². The molecule has 3 N–H and O–H groups in total. The molecule has 2 heteroatoms. The van der Waals surface area contributed by atoms with E-state index >= 15 is 0 Å². The molecule has 2 bridgehead atoms. The van der Waals surface area contributed by atoms with E-state index in [2.05, 4.69) is 19.2 Å². The van der Waals surface area contributed by atoms with Gasteiger partial charge in [0, 0.05) is 6.04 Å². The van der Waals surface area contributed by atoms with Crippen LogP contribution >= 0.6 is 0 Å². The molecule has 5 unspecified atom stereocenters. The first-order valence-electron chi connectivity index (χ1n) is 7.15. The minimum atomic E-state index is 0.666. The van der Waals surface area contributed by atoms with Gasteiger partial charge in [-0.25, -0.2) is 0 Å². The Hall–Kier alpha value is -0.0800. The van der Waals surface area contributed by atoms with Crippen LogP contribution in [-0.2, 0) is 0 Å². The van der Waals surface area contributed by atoms with E-state index < -0.39 is 0 Å². The summed E-state index contributed by atoms with van der Waals surface area (Å²) in [4.78, 5) is 0. The van der Waals surface area contributed by atoms with Crippen LogP contribution in [0.25, 0.3) is 0 Å². The highest BCUT2D eigenvalue weighted by Gasteiger charge is 2.64. The van der Waals surface area contributed by atoms with Crippen LogP contribution in [0.5, 0.6) is 0 Å². The van der Waals surface area contributed by atoms with Crippen molar-refractivity contribution in [2.24, 2.45) is 41.2 Å². The molecular weight excluding hydrogens is 196 g/mol. The fourth-order valence-electron chi connectivity index (χ4n) is 4.48. The van der Waals surface area contributed by atoms with Crippen LogP contribution in [0.15, 0.2) is 0 Å².